The van der Waals surface area contributed by atoms with Gasteiger partial charge in [0.05, 0.1) is 16.9 Å². The van der Waals surface area contributed by atoms with Gasteiger partial charge in [-0.2, -0.15) is 0 Å². The number of halogens is 1. The summed E-state index contributed by atoms with van der Waals surface area (Å²) < 4.78 is 1.98. The van der Waals surface area contributed by atoms with Crippen molar-refractivity contribution in [2.24, 2.45) is 5.73 Å². The van der Waals surface area contributed by atoms with Crippen molar-refractivity contribution in [3.05, 3.63) is 30.1 Å². The maximum Gasteiger partial charge on any atom is 0.219 e. The van der Waals surface area contributed by atoms with Gasteiger partial charge < -0.3 is 10.3 Å². The molecule has 90 valence electrons. The normalized spacial score (nSPS) is 12.8. The molecule has 0 spiro atoms. The highest BCUT2D eigenvalue weighted by Gasteiger charge is 2.16. The van der Waals surface area contributed by atoms with Gasteiger partial charge in [0.15, 0.2) is 0 Å². The highest BCUT2D eigenvalue weighted by molar-refractivity contribution is 6.16. The van der Waals surface area contributed by atoms with Crippen LogP contribution in [0.15, 0.2) is 24.3 Å². The van der Waals surface area contributed by atoms with E-state index in [1.54, 1.807) is 0 Å². The first kappa shape index (κ1) is 11.9. The number of nitrogens with zero attached hydrogens (tertiary/aromatic N) is 2. The molecule has 1 atom stereocenters. The van der Waals surface area contributed by atoms with E-state index >= 15 is 0 Å². The fourth-order valence-corrected chi connectivity index (χ4v) is 2.25. The molecule has 0 bridgehead atoms. The monoisotopic (exact) mass is 251 g/mol. The van der Waals surface area contributed by atoms with Crippen LogP contribution in [-0.2, 0) is 10.7 Å². The van der Waals surface area contributed by atoms with Crippen LogP contribution in [0.2, 0.25) is 0 Å². The average molecular weight is 252 g/mol. The number of primary amides is 1. The molecule has 1 heterocycles. The van der Waals surface area contributed by atoms with E-state index < -0.39 is 0 Å². The number of fused-ring (bicyclic) bond motifs is 1. The van der Waals surface area contributed by atoms with Crippen molar-refractivity contribution in [2.45, 2.75) is 25.3 Å². The Hall–Kier alpha value is -1.55. The molecule has 1 aromatic heterocycles. The Morgan fingerprint density at radius 2 is 2.24 bits per heavy atom. The first-order valence-corrected chi connectivity index (χ1v) is 5.97. The van der Waals surface area contributed by atoms with Crippen LogP contribution < -0.4 is 5.73 Å². The molecule has 1 amide bonds. The molecular formula is C12H14ClN3O. The van der Waals surface area contributed by atoms with E-state index in [-0.39, 0.29) is 18.4 Å². The van der Waals surface area contributed by atoms with Crippen molar-refractivity contribution in [3.8, 4) is 0 Å². The number of benzene rings is 1. The number of alkyl halides is 1. The molecule has 0 radical (unpaired) electrons. The first-order chi connectivity index (χ1) is 8.13. The topological polar surface area (TPSA) is 60.9 Å². The Morgan fingerprint density at radius 1 is 1.53 bits per heavy atom. The van der Waals surface area contributed by atoms with Gasteiger partial charge in [-0.15, -0.1) is 11.6 Å². The second kappa shape index (κ2) is 4.75. The van der Waals surface area contributed by atoms with Gasteiger partial charge >= 0.3 is 0 Å². The molecule has 17 heavy (non-hydrogen) atoms. The summed E-state index contributed by atoms with van der Waals surface area (Å²) in [6.07, 6.45) is 0.282. The molecule has 2 N–H and O–H groups in total. The van der Waals surface area contributed by atoms with Crippen LogP contribution >= 0.6 is 11.6 Å². The highest BCUT2D eigenvalue weighted by atomic mass is 35.5. The minimum absolute atomic E-state index is 0.0337. The van der Waals surface area contributed by atoms with Crippen LogP contribution in [0.1, 0.15) is 25.2 Å². The van der Waals surface area contributed by atoms with E-state index in [0.29, 0.717) is 5.88 Å². The molecule has 1 unspecified atom stereocenters. The van der Waals surface area contributed by atoms with Crippen molar-refractivity contribution in [1.82, 2.24) is 9.55 Å². The molecular weight excluding hydrogens is 238 g/mol. The molecule has 0 aliphatic heterocycles. The summed E-state index contributed by atoms with van der Waals surface area (Å²) in [6, 6.07) is 7.73. The van der Waals surface area contributed by atoms with Gasteiger partial charge in [-0.25, -0.2) is 4.98 Å². The smallest absolute Gasteiger partial charge is 0.219 e. The van der Waals surface area contributed by atoms with Crippen LogP contribution in [0.4, 0.5) is 0 Å². The molecule has 4 nitrogen and oxygen atoms in total. The fourth-order valence-electron chi connectivity index (χ4n) is 2.06. The number of aromatic nitrogens is 2. The Labute approximate surface area is 104 Å². The summed E-state index contributed by atoms with van der Waals surface area (Å²) in [6.45, 7) is 1.94. The molecule has 0 aliphatic rings. The van der Waals surface area contributed by atoms with E-state index in [1.165, 1.54) is 0 Å². The number of carbonyl (C=O) groups excluding carboxylic acids is 1. The summed E-state index contributed by atoms with van der Waals surface area (Å²) in [7, 11) is 0. The fraction of sp³-hybridized carbons (Fsp3) is 0.333. The zero-order chi connectivity index (χ0) is 12.4. The lowest BCUT2D eigenvalue weighted by atomic mass is 10.2. The number of hydrogen-bond donors (Lipinski definition) is 1. The maximum atomic E-state index is 11.0. The van der Waals surface area contributed by atoms with Crippen LogP contribution in [0, 0.1) is 0 Å². The van der Waals surface area contributed by atoms with Gasteiger partial charge in [0.25, 0.3) is 0 Å². The van der Waals surface area contributed by atoms with Crippen molar-refractivity contribution < 1.29 is 4.79 Å². The number of carbonyl (C=O) groups is 1. The van der Waals surface area contributed by atoms with Gasteiger partial charge in [0.2, 0.25) is 5.91 Å². The van der Waals surface area contributed by atoms with Gasteiger partial charge in [-0.05, 0) is 19.1 Å². The second-order valence-corrected chi connectivity index (χ2v) is 4.31. The number of rotatable bonds is 4. The molecule has 0 aliphatic carbocycles. The van der Waals surface area contributed by atoms with Crippen LogP contribution in [0.5, 0.6) is 0 Å². The number of amides is 1. The largest absolute Gasteiger partial charge is 0.370 e. The van der Waals surface area contributed by atoms with Crippen LogP contribution in [-0.4, -0.2) is 15.5 Å². The van der Waals surface area contributed by atoms with Gasteiger partial charge in [-0.3, -0.25) is 4.79 Å². The van der Waals surface area contributed by atoms with Crippen molar-refractivity contribution in [2.75, 3.05) is 0 Å². The average Bonchev–Trinajstić information content (AvgIpc) is 2.66. The Balaban J connectivity index is 2.53. The van der Waals surface area contributed by atoms with Gasteiger partial charge in [0, 0.05) is 12.5 Å². The standard InChI is InChI=1S/C12H14ClN3O/c1-8(6-11(14)17)16-10-5-3-2-4-9(10)15-12(16)7-13/h2-5,8H,6-7H2,1H3,(H2,14,17). The maximum absolute atomic E-state index is 11.0. The highest BCUT2D eigenvalue weighted by Crippen LogP contribution is 2.23. The van der Waals surface area contributed by atoms with E-state index in [1.807, 2.05) is 35.8 Å². The van der Waals surface area contributed by atoms with E-state index in [0.717, 1.165) is 16.9 Å². The molecule has 2 rings (SSSR count). The summed E-state index contributed by atoms with van der Waals surface area (Å²) >= 11 is 5.88. The predicted molar refractivity (Wildman–Crippen MR) is 67.8 cm³/mol. The second-order valence-electron chi connectivity index (χ2n) is 4.04. The third kappa shape index (κ3) is 2.26. The SMILES string of the molecule is CC(CC(N)=O)n1c(CCl)nc2ccccc21. The molecule has 0 fully saturated rings. The molecule has 2 aromatic rings. The first-order valence-electron chi connectivity index (χ1n) is 5.43. The van der Waals surface area contributed by atoms with E-state index in [9.17, 15) is 4.79 Å². The summed E-state index contributed by atoms with van der Waals surface area (Å²) in [5.74, 6) is 0.759. The lowest BCUT2D eigenvalue weighted by Crippen LogP contribution is -2.18. The predicted octanol–water partition coefficient (Wildman–Crippen LogP) is 2.21. The summed E-state index contributed by atoms with van der Waals surface area (Å²) in [5, 5.41) is 0. The summed E-state index contributed by atoms with van der Waals surface area (Å²) in [5.41, 5.74) is 7.10. The molecule has 5 heteroatoms. The quantitative estimate of drug-likeness (QED) is 0.847. The molecule has 0 saturated carbocycles. The summed E-state index contributed by atoms with van der Waals surface area (Å²) in [4.78, 5) is 15.4. The van der Waals surface area contributed by atoms with E-state index in [4.69, 9.17) is 17.3 Å². The lowest BCUT2D eigenvalue weighted by molar-refractivity contribution is -0.118. The number of nitrogens with two attached hydrogens (primary N) is 1. The Morgan fingerprint density at radius 3 is 2.88 bits per heavy atom. The van der Waals surface area contributed by atoms with Gasteiger partial charge in [-0.1, -0.05) is 12.1 Å². The third-order valence-corrected chi connectivity index (χ3v) is 2.96. The van der Waals surface area contributed by atoms with Crippen molar-refractivity contribution in [1.29, 1.82) is 0 Å². The number of hydrogen-bond acceptors (Lipinski definition) is 2. The van der Waals surface area contributed by atoms with Gasteiger partial charge in [0.1, 0.15) is 5.82 Å². The lowest BCUT2D eigenvalue weighted by Gasteiger charge is -2.15. The zero-order valence-electron chi connectivity index (χ0n) is 9.56. The van der Waals surface area contributed by atoms with Crippen LogP contribution in [0.3, 0.4) is 0 Å². The Bertz CT molecular complexity index is 550. The zero-order valence-corrected chi connectivity index (χ0v) is 10.3. The van der Waals surface area contributed by atoms with Crippen molar-refractivity contribution >= 4 is 28.5 Å². The Kier molecular flexibility index (Phi) is 3.33. The number of imidazole rings is 1. The minimum Gasteiger partial charge on any atom is -0.370 e. The molecule has 1 aromatic carbocycles. The molecule has 0 saturated heterocycles. The number of para-hydroxylation sites is 2. The van der Waals surface area contributed by atoms with E-state index in [2.05, 4.69) is 4.98 Å². The van der Waals surface area contributed by atoms with Crippen LogP contribution in [0.25, 0.3) is 11.0 Å². The van der Waals surface area contributed by atoms with Crippen molar-refractivity contribution in [3.63, 3.8) is 0 Å². The minimum atomic E-state index is -0.323. The third-order valence-electron chi connectivity index (χ3n) is 2.73.